The first kappa shape index (κ1) is 11.1. The molecule has 1 aromatic heterocycles. The Balaban J connectivity index is 2.56. The van der Waals surface area contributed by atoms with Gasteiger partial charge in [0.15, 0.2) is 5.78 Å². The summed E-state index contributed by atoms with van der Waals surface area (Å²) in [6.45, 7) is 0.592. The van der Waals surface area contributed by atoms with E-state index in [0.717, 1.165) is 0 Å². The van der Waals surface area contributed by atoms with Crippen molar-refractivity contribution in [1.82, 2.24) is 4.98 Å². The molecule has 1 aromatic rings. The number of carbonyl (C=O) groups excluding carboxylic acids is 1. The Kier molecular flexibility index (Phi) is 4.56. The van der Waals surface area contributed by atoms with Crippen LogP contribution in [0, 0.1) is 0 Å². The molecule has 0 amide bonds. The van der Waals surface area contributed by atoms with Crippen LogP contribution in [0.4, 0.5) is 0 Å². The molecule has 0 unspecified atom stereocenters. The van der Waals surface area contributed by atoms with E-state index in [-0.39, 0.29) is 5.78 Å². The van der Waals surface area contributed by atoms with Crippen LogP contribution in [0.2, 0.25) is 5.02 Å². The second kappa shape index (κ2) is 5.73. The van der Waals surface area contributed by atoms with Crippen LogP contribution in [0.15, 0.2) is 18.5 Å². The van der Waals surface area contributed by atoms with Gasteiger partial charge in [-0.3, -0.25) is 9.78 Å². The highest BCUT2D eigenvalue weighted by molar-refractivity contribution is 6.33. The number of pyridine rings is 1. The lowest BCUT2D eigenvalue weighted by atomic mass is 10.1. The summed E-state index contributed by atoms with van der Waals surface area (Å²) in [4.78, 5) is 15.4. The van der Waals surface area contributed by atoms with E-state index in [4.69, 9.17) is 16.3 Å². The summed E-state index contributed by atoms with van der Waals surface area (Å²) in [5, 5.41) is 0.412. The van der Waals surface area contributed by atoms with Gasteiger partial charge >= 0.3 is 0 Å². The van der Waals surface area contributed by atoms with E-state index in [0.29, 0.717) is 30.0 Å². The van der Waals surface area contributed by atoms with Crippen molar-refractivity contribution in [3.8, 4) is 0 Å². The van der Waals surface area contributed by atoms with E-state index in [1.54, 1.807) is 19.4 Å². The fraction of sp³-hybridized carbons (Fsp3) is 0.400. The Morgan fingerprint density at radius 2 is 2.43 bits per heavy atom. The highest BCUT2D eigenvalue weighted by atomic mass is 35.5. The summed E-state index contributed by atoms with van der Waals surface area (Å²) in [7, 11) is 1.61. The molecule has 0 N–H and O–H groups in total. The van der Waals surface area contributed by atoms with Crippen molar-refractivity contribution < 1.29 is 9.53 Å². The maximum atomic E-state index is 11.6. The molecule has 4 heteroatoms. The van der Waals surface area contributed by atoms with Crippen molar-refractivity contribution in [1.29, 1.82) is 0 Å². The largest absolute Gasteiger partial charge is 0.385 e. The first-order chi connectivity index (χ1) is 6.75. The lowest BCUT2D eigenvalue weighted by molar-refractivity contribution is 0.0963. The number of nitrogens with zero attached hydrogens (tertiary/aromatic N) is 1. The first-order valence-electron chi connectivity index (χ1n) is 4.37. The summed E-state index contributed by atoms with van der Waals surface area (Å²) >= 11 is 5.82. The van der Waals surface area contributed by atoms with Gasteiger partial charge in [-0.2, -0.15) is 0 Å². The van der Waals surface area contributed by atoms with Gasteiger partial charge in [0.2, 0.25) is 0 Å². The van der Waals surface area contributed by atoms with Gasteiger partial charge in [-0.1, -0.05) is 11.6 Å². The van der Waals surface area contributed by atoms with Gasteiger partial charge in [0, 0.05) is 38.1 Å². The monoisotopic (exact) mass is 213 g/mol. The zero-order chi connectivity index (χ0) is 10.4. The second-order valence-electron chi connectivity index (χ2n) is 2.88. The van der Waals surface area contributed by atoms with Crippen LogP contribution in [0.5, 0.6) is 0 Å². The molecule has 0 saturated heterocycles. The molecule has 0 bridgehead atoms. The molecular weight excluding hydrogens is 202 g/mol. The van der Waals surface area contributed by atoms with Crippen LogP contribution < -0.4 is 0 Å². The fourth-order valence-electron chi connectivity index (χ4n) is 1.11. The van der Waals surface area contributed by atoms with Gasteiger partial charge in [-0.05, 0) is 12.5 Å². The van der Waals surface area contributed by atoms with Crippen molar-refractivity contribution in [3.05, 3.63) is 29.0 Å². The molecule has 14 heavy (non-hydrogen) atoms. The lowest BCUT2D eigenvalue weighted by Crippen LogP contribution is -2.02. The van der Waals surface area contributed by atoms with Crippen LogP contribution in [-0.4, -0.2) is 24.5 Å². The molecule has 1 rings (SSSR count). The van der Waals surface area contributed by atoms with Crippen LogP contribution in [0.1, 0.15) is 23.2 Å². The number of hydrogen-bond donors (Lipinski definition) is 0. The summed E-state index contributed by atoms with van der Waals surface area (Å²) in [5.74, 6) is 0.0365. The highest BCUT2D eigenvalue weighted by Gasteiger charge is 2.08. The Labute approximate surface area is 88.1 Å². The Bertz CT molecular complexity index is 315. The first-order valence-corrected chi connectivity index (χ1v) is 4.75. The Hall–Kier alpha value is -0.930. The van der Waals surface area contributed by atoms with Gasteiger partial charge in [0.1, 0.15) is 0 Å². The van der Waals surface area contributed by atoms with Crippen LogP contribution >= 0.6 is 11.6 Å². The molecule has 1 heterocycles. The smallest absolute Gasteiger partial charge is 0.164 e. The molecule has 0 radical (unpaired) electrons. The average Bonchev–Trinajstić information content (AvgIpc) is 2.18. The molecule has 0 aliphatic heterocycles. The number of ether oxygens (including phenoxy) is 1. The van der Waals surface area contributed by atoms with Crippen molar-refractivity contribution in [2.75, 3.05) is 13.7 Å². The number of carbonyl (C=O) groups is 1. The van der Waals surface area contributed by atoms with Gasteiger partial charge in [-0.15, -0.1) is 0 Å². The van der Waals surface area contributed by atoms with E-state index in [1.165, 1.54) is 6.20 Å². The number of methoxy groups -OCH3 is 1. The Morgan fingerprint density at radius 1 is 1.64 bits per heavy atom. The van der Waals surface area contributed by atoms with Crippen LogP contribution in [0.25, 0.3) is 0 Å². The minimum absolute atomic E-state index is 0.0365. The number of ketones is 1. The third-order valence-corrected chi connectivity index (χ3v) is 2.13. The normalized spacial score (nSPS) is 10.1. The standard InChI is InChI=1S/C10H12ClNO2/c1-14-6-2-3-10(13)8-4-5-12-7-9(8)11/h4-5,7H,2-3,6H2,1H3. The summed E-state index contributed by atoms with van der Waals surface area (Å²) in [5.41, 5.74) is 0.540. The maximum absolute atomic E-state index is 11.6. The number of Topliss-reactive ketones (excluding diaryl/α,β-unsaturated/α-hetero) is 1. The Morgan fingerprint density at radius 3 is 3.07 bits per heavy atom. The van der Waals surface area contributed by atoms with E-state index in [9.17, 15) is 4.79 Å². The number of halogens is 1. The third-order valence-electron chi connectivity index (χ3n) is 1.83. The summed E-state index contributed by atoms with van der Waals surface area (Å²) in [6, 6.07) is 1.64. The molecule has 3 nitrogen and oxygen atoms in total. The van der Waals surface area contributed by atoms with Crippen molar-refractivity contribution in [2.24, 2.45) is 0 Å². The maximum Gasteiger partial charge on any atom is 0.164 e. The predicted molar refractivity (Wildman–Crippen MR) is 54.7 cm³/mol. The average molecular weight is 214 g/mol. The minimum Gasteiger partial charge on any atom is -0.385 e. The lowest BCUT2D eigenvalue weighted by Gasteiger charge is -2.01. The van der Waals surface area contributed by atoms with Gasteiger partial charge in [0.05, 0.1) is 5.02 Å². The molecule has 0 aromatic carbocycles. The molecule has 0 aliphatic carbocycles. The van der Waals surface area contributed by atoms with Crippen molar-refractivity contribution >= 4 is 17.4 Å². The second-order valence-corrected chi connectivity index (χ2v) is 3.28. The minimum atomic E-state index is 0.0365. The summed E-state index contributed by atoms with van der Waals surface area (Å²) < 4.78 is 4.86. The summed E-state index contributed by atoms with van der Waals surface area (Å²) in [6.07, 6.45) is 4.21. The topological polar surface area (TPSA) is 39.2 Å². The molecule has 0 saturated carbocycles. The highest BCUT2D eigenvalue weighted by Crippen LogP contribution is 2.15. The van der Waals surface area contributed by atoms with Crippen LogP contribution in [0.3, 0.4) is 0 Å². The number of rotatable bonds is 5. The number of aromatic nitrogens is 1. The molecule has 0 aliphatic rings. The van der Waals surface area contributed by atoms with Crippen molar-refractivity contribution in [3.63, 3.8) is 0 Å². The zero-order valence-electron chi connectivity index (χ0n) is 8.00. The third kappa shape index (κ3) is 3.09. The molecule has 0 atom stereocenters. The molecule has 0 fully saturated rings. The number of hydrogen-bond acceptors (Lipinski definition) is 3. The van der Waals surface area contributed by atoms with Crippen molar-refractivity contribution in [2.45, 2.75) is 12.8 Å². The van der Waals surface area contributed by atoms with Gasteiger partial charge in [-0.25, -0.2) is 0 Å². The zero-order valence-corrected chi connectivity index (χ0v) is 8.75. The van der Waals surface area contributed by atoms with E-state index in [1.807, 2.05) is 0 Å². The van der Waals surface area contributed by atoms with E-state index < -0.39 is 0 Å². The molecule has 0 spiro atoms. The quantitative estimate of drug-likeness (QED) is 0.557. The fourth-order valence-corrected chi connectivity index (χ4v) is 1.34. The van der Waals surface area contributed by atoms with E-state index in [2.05, 4.69) is 4.98 Å². The van der Waals surface area contributed by atoms with E-state index >= 15 is 0 Å². The van der Waals surface area contributed by atoms with Gasteiger partial charge in [0.25, 0.3) is 0 Å². The molecule has 76 valence electrons. The SMILES string of the molecule is COCCCC(=O)c1ccncc1Cl. The van der Waals surface area contributed by atoms with Crippen LogP contribution in [-0.2, 0) is 4.74 Å². The molecular formula is C10H12ClNO2. The van der Waals surface area contributed by atoms with Gasteiger partial charge < -0.3 is 4.74 Å². The predicted octanol–water partition coefficient (Wildman–Crippen LogP) is 2.34.